The molecule has 1 fully saturated rings. The lowest BCUT2D eigenvalue weighted by molar-refractivity contribution is -0.118. The van der Waals surface area contributed by atoms with Crippen LogP contribution in [0, 0.1) is 0 Å². The minimum absolute atomic E-state index is 0.0291. The van der Waals surface area contributed by atoms with Crippen molar-refractivity contribution in [3.05, 3.63) is 107 Å². The molecule has 4 aromatic carbocycles. The topological polar surface area (TPSA) is 142 Å². The first-order chi connectivity index (χ1) is 28.8. The third kappa shape index (κ3) is 10.2. The predicted molar refractivity (Wildman–Crippen MR) is 237 cm³/mol. The van der Waals surface area contributed by atoms with Crippen molar-refractivity contribution in [3.8, 4) is 22.6 Å². The number of carbonyl (C=O) groups excluding carboxylic acids is 3. The van der Waals surface area contributed by atoms with Gasteiger partial charge >= 0.3 is 6.09 Å². The van der Waals surface area contributed by atoms with Gasteiger partial charge in [-0.25, -0.2) is 4.79 Å². The molecule has 0 aromatic heterocycles. The van der Waals surface area contributed by atoms with Crippen LogP contribution in [0.3, 0.4) is 0 Å². The molecule has 1 atom stereocenters. The number of amides is 3. The first-order valence-electron chi connectivity index (χ1n) is 21.2. The molecule has 318 valence electrons. The minimum atomic E-state index is -2.22. The second-order valence-electron chi connectivity index (χ2n) is 17.6. The highest BCUT2D eigenvalue weighted by atomic mass is 28.4. The number of para-hydroxylation sites is 1. The van der Waals surface area contributed by atoms with Gasteiger partial charge in [0.1, 0.15) is 17.5 Å². The molecule has 3 amide bonds. The van der Waals surface area contributed by atoms with E-state index in [0.29, 0.717) is 31.9 Å². The van der Waals surface area contributed by atoms with Crippen LogP contribution in [0.1, 0.15) is 66.8 Å². The van der Waals surface area contributed by atoms with Gasteiger partial charge in [0.2, 0.25) is 0 Å². The molecule has 3 aliphatic heterocycles. The Morgan fingerprint density at radius 3 is 2.47 bits per heavy atom. The molecule has 12 nitrogen and oxygen atoms in total. The van der Waals surface area contributed by atoms with Gasteiger partial charge in [0.05, 0.1) is 11.8 Å². The van der Waals surface area contributed by atoms with E-state index in [1.165, 1.54) is 0 Å². The van der Waals surface area contributed by atoms with Gasteiger partial charge in [0.15, 0.2) is 20.7 Å². The van der Waals surface area contributed by atoms with Crippen LogP contribution in [-0.4, -0.2) is 99.7 Å². The summed E-state index contributed by atoms with van der Waals surface area (Å²) < 4.78 is 18.6. The maximum absolute atomic E-state index is 13.6. The summed E-state index contributed by atoms with van der Waals surface area (Å²) >= 11 is 0. The molecule has 1 saturated heterocycles. The van der Waals surface area contributed by atoms with Crippen LogP contribution in [0.2, 0.25) is 18.1 Å². The Balaban J connectivity index is 0.870. The van der Waals surface area contributed by atoms with E-state index in [1.54, 1.807) is 6.07 Å². The van der Waals surface area contributed by atoms with Crippen LogP contribution in [0.25, 0.3) is 11.1 Å². The number of hydrogen-bond donors (Lipinski definition) is 4. The Labute approximate surface area is 354 Å². The van der Waals surface area contributed by atoms with Crippen molar-refractivity contribution in [3.63, 3.8) is 0 Å². The van der Waals surface area contributed by atoms with Crippen molar-refractivity contribution >= 4 is 37.6 Å². The van der Waals surface area contributed by atoms with E-state index in [2.05, 4.69) is 66.8 Å². The van der Waals surface area contributed by atoms with E-state index in [9.17, 15) is 19.5 Å². The average molecular weight is 834 g/mol. The van der Waals surface area contributed by atoms with E-state index >= 15 is 0 Å². The molecule has 0 unspecified atom stereocenters. The molecule has 3 heterocycles. The minimum Gasteiger partial charge on any atom is -0.506 e. The molecular weight excluding hydrogens is 775 g/mol. The number of phenols is 1. The number of likely N-dealkylation sites (tertiary alicyclic amines) is 1. The fourth-order valence-electron chi connectivity index (χ4n) is 7.87. The van der Waals surface area contributed by atoms with Crippen LogP contribution in [0.5, 0.6) is 11.5 Å². The van der Waals surface area contributed by atoms with Crippen molar-refractivity contribution < 1.29 is 33.4 Å². The van der Waals surface area contributed by atoms with Crippen LogP contribution >= 0.6 is 0 Å². The first-order valence-corrected chi connectivity index (χ1v) is 24.1. The van der Waals surface area contributed by atoms with Crippen LogP contribution in [0.15, 0.2) is 84.9 Å². The Morgan fingerprint density at radius 2 is 1.70 bits per heavy atom. The smallest absolute Gasteiger partial charge is 0.411 e. The number of hydrogen-bond acceptors (Lipinski definition) is 9. The summed E-state index contributed by atoms with van der Waals surface area (Å²) in [5.74, 6) is 0.181. The molecule has 0 bridgehead atoms. The molecule has 3 aliphatic rings. The van der Waals surface area contributed by atoms with Gasteiger partial charge in [-0.3, -0.25) is 14.9 Å². The number of nitrogens with zero attached hydrogens (tertiary/aromatic N) is 2. The number of piperidine rings is 1. The highest BCUT2D eigenvalue weighted by Gasteiger charge is 2.40. The largest absolute Gasteiger partial charge is 0.506 e. The second kappa shape index (κ2) is 18.6. The third-order valence-corrected chi connectivity index (χ3v) is 16.9. The van der Waals surface area contributed by atoms with Crippen molar-refractivity contribution in [2.75, 3.05) is 63.1 Å². The average Bonchev–Trinajstić information content (AvgIpc) is 3.22. The van der Waals surface area contributed by atoms with Gasteiger partial charge in [-0.15, -0.1) is 0 Å². The summed E-state index contributed by atoms with van der Waals surface area (Å²) in [4.78, 5) is 42.9. The Kier molecular flexibility index (Phi) is 13.3. The van der Waals surface area contributed by atoms with E-state index < -0.39 is 14.4 Å². The lowest BCUT2D eigenvalue weighted by Gasteiger charge is -2.40. The Morgan fingerprint density at radius 1 is 0.950 bits per heavy atom. The molecule has 7 rings (SSSR count). The monoisotopic (exact) mass is 833 g/mol. The summed E-state index contributed by atoms with van der Waals surface area (Å²) in [7, 11) is -2.22. The number of benzene rings is 4. The van der Waals surface area contributed by atoms with Gasteiger partial charge in [-0.1, -0.05) is 81.4 Å². The van der Waals surface area contributed by atoms with Crippen LogP contribution in [0.4, 0.5) is 16.2 Å². The number of rotatable bonds is 14. The maximum Gasteiger partial charge on any atom is 0.411 e. The lowest BCUT2D eigenvalue weighted by Crippen LogP contribution is -2.45. The highest BCUT2D eigenvalue weighted by molar-refractivity contribution is 6.74. The summed E-state index contributed by atoms with van der Waals surface area (Å²) in [6.45, 7) is 15.9. The standard InChI is InChI=1S/C47H59N5O7Si/c1-47(2,3)60(4,5)59-41(38-17-18-40(53)43-44(38)57-31-42(54)50-43)30-48-23-19-32-15-16-37-34(29-32)20-26-52(45(37)55)28-27-51-24-21-35(22-25-51)58-46(56)49-39-14-10-9-13-36(39)33-11-7-6-8-12-33/h6-18,29,35,41,48,53H,19-28,30-31H2,1-5H3,(H,49,56)(H,50,54)/t41-/m0/s1. The van der Waals surface area contributed by atoms with Gasteiger partial charge in [-0.2, -0.15) is 0 Å². The fourth-order valence-corrected chi connectivity index (χ4v) is 9.14. The number of ether oxygens (including phenoxy) is 2. The number of carbonyl (C=O) groups is 3. The molecule has 13 heteroatoms. The number of nitrogens with one attached hydrogen (secondary N) is 3. The van der Waals surface area contributed by atoms with E-state index in [4.69, 9.17) is 13.9 Å². The maximum atomic E-state index is 13.6. The molecule has 0 aliphatic carbocycles. The molecular formula is C47H59N5O7Si. The zero-order valence-corrected chi connectivity index (χ0v) is 36.5. The molecule has 4 aromatic rings. The zero-order valence-electron chi connectivity index (χ0n) is 35.5. The summed E-state index contributed by atoms with van der Waals surface area (Å²) in [6, 6.07) is 27.3. The summed E-state index contributed by atoms with van der Waals surface area (Å²) in [5, 5.41) is 19.8. The van der Waals surface area contributed by atoms with Crippen molar-refractivity contribution in [2.45, 2.75) is 76.8 Å². The molecule has 0 radical (unpaired) electrons. The van der Waals surface area contributed by atoms with Crippen LogP contribution in [-0.2, 0) is 26.8 Å². The number of fused-ring (bicyclic) bond motifs is 2. The van der Waals surface area contributed by atoms with Crippen LogP contribution < -0.4 is 20.7 Å². The zero-order chi connectivity index (χ0) is 42.4. The predicted octanol–water partition coefficient (Wildman–Crippen LogP) is 8.00. The van der Waals surface area contributed by atoms with Crippen molar-refractivity contribution in [1.29, 1.82) is 0 Å². The Hall–Kier alpha value is -5.21. The molecule has 0 spiro atoms. The molecule has 60 heavy (non-hydrogen) atoms. The third-order valence-electron chi connectivity index (χ3n) is 12.4. The Bertz CT molecular complexity index is 2170. The van der Waals surface area contributed by atoms with Crippen molar-refractivity contribution in [1.82, 2.24) is 15.1 Å². The number of phenolic OH excluding ortho intramolecular Hbond substituents is 1. The van der Waals surface area contributed by atoms with Gasteiger partial charge in [-0.05, 0) is 91.3 Å². The van der Waals surface area contributed by atoms with E-state index in [-0.39, 0.29) is 47.1 Å². The summed E-state index contributed by atoms with van der Waals surface area (Å²) in [5.41, 5.74) is 6.80. The second-order valence-corrected chi connectivity index (χ2v) is 22.3. The molecule has 0 saturated carbocycles. The normalized spacial score (nSPS) is 16.6. The van der Waals surface area contributed by atoms with Gasteiger partial charge in [0, 0.05) is 56.0 Å². The van der Waals surface area contributed by atoms with Gasteiger partial charge < -0.3 is 39.4 Å². The van der Waals surface area contributed by atoms with E-state index in [0.717, 1.165) is 84.4 Å². The fraction of sp³-hybridized carbons (Fsp3) is 0.426. The highest BCUT2D eigenvalue weighted by Crippen LogP contribution is 2.45. The van der Waals surface area contributed by atoms with Gasteiger partial charge in [0.25, 0.3) is 11.8 Å². The number of aromatic hydroxyl groups is 1. The lowest BCUT2D eigenvalue weighted by atomic mass is 9.95. The van der Waals surface area contributed by atoms with E-state index in [1.807, 2.05) is 71.6 Å². The quantitative estimate of drug-likeness (QED) is 0.0565. The first kappa shape index (κ1) is 42.9. The SMILES string of the molecule is CC(C)(C)[Si](C)(C)O[C@@H](CNCCc1ccc2c(c1)CCN(CCN1CCC(OC(=O)Nc3ccccc3-c3ccccc3)CC1)C2=O)c1ccc(O)c2c1OCC(=O)N2. The van der Waals surface area contributed by atoms with Crippen molar-refractivity contribution in [2.24, 2.45) is 0 Å². The molecule has 4 N–H and O–H groups in total. The number of anilines is 2. The summed E-state index contributed by atoms with van der Waals surface area (Å²) in [6.07, 6.45) is 2.14.